The van der Waals surface area contributed by atoms with E-state index in [0.717, 1.165) is 25.3 Å². The molecule has 0 radical (unpaired) electrons. The van der Waals surface area contributed by atoms with Crippen LogP contribution in [0, 0.1) is 11.6 Å². The Morgan fingerprint density at radius 3 is 2.21 bits per heavy atom. The molecule has 1 fully saturated rings. The number of methoxy groups -OCH3 is 1. The van der Waals surface area contributed by atoms with Crippen molar-refractivity contribution in [2.45, 2.75) is 36.2 Å². The second-order valence-corrected chi connectivity index (χ2v) is 11.1. The minimum absolute atomic E-state index is 0.0816. The standard InChI is InChI=1S/C27H26F5NO5S/c1-16(27(30,31)32)37-20-12-13-22(39(3,34)35)26(36-2)23(20)25(17-8-5-4-6-9-17)33-14-18(15-33)38-21-11-7-10-19(28)24(21)29/h4-13,16,18,25H,14-15H2,1-3H3/t16-,25?/m0/s1. The monoisotopic (exact) mass is 571 g/mol. The molecule has 3 aromatic carbocycles. The Morgan fingerprint density at radius 2 is 1.62 bits per heavy atom. The molecule has 1 saturated heterocycles. The van der Waals surface area contributed by atoms with Gasteiger partial charge in [-0.3, -0.25) is 4.90 Å². The molecule has 39 heavy (non-hydrogen) atoms. The lowest BCUT2D eigenvalue weighted by molar-refractivity contribution is -0.189. The number of likely N-dealkylation sites (tertiary alicyclic amines) is 1. The van der Waals surface area contributed by atoms with Crippen molar-refractivity contribution in [1.29, 1.82) is 0 Å². The van der Waals surface area contributed by atoms with E-state index in [2.05, 4.69) is 0 Å². The minimum Gasteiger partial charge on any atom is -0.495 e. The third-order valence-corrected chi connectivity index (χ3v) is 7.45. The number of nitrogens with zero attached hydrogens (tertiary/aromatic N) is 1. The summed E-state index contributed by atoms with van der Waals surface area (Å²) in [5, 5.41) is 0. The van der Waals surface area contributed by atoms with Gasteiger partial charge in [0, 0.05) is 19.3 Å². The van der Waals surface area contributed by atoms with Crippen molar-refractivity contribution < 1.29 is 44.6 Å². The zero-order valence-electron chi connectivity index (χ0n) is 21.2. The van der Waals surface area contributed by atoms with Gasteiger partial charge in [-0.1, -0.05) is 36.4 Å². The molecular weight excluding hydrogens is 545 g/mol. The van der Waals surface area contributed by atoms with Gasteiger partial charge in [0.15, 0.2) is 27.5 Å². The van der Waals surface area contributed by atoms with E-state index in [-0.39, 0.29) is 40.8 Å². The summed E-state index contributed by atoms with van der Waals surface area (Å²) in [6.45, 7) is 1.17. The topological polar surface area (TPSA) is 65.1 Å². The van der Waals surface area contributed by atoms with Crippen LogP contribution in [0.4, 0.5) is 22.0 Å². The van der Waals surface area contributed by atoms with E-state index in [4.69, 9.17) is 14.2 Å². The molecule has 3 aromatic rings. The van der Waals surface area contributed by atoms with Crippen LogP contribution in [0.1, 0.15) is 24.1 Å². The van der Waals surface area contributed by atoms with Gasteiger partial charge >= 0.3 is 6.18 Å². The fraction of sp³-hybridized carbons (Fsp3) is 0.333. The van der Waals surface area contributed by atoms with Gasteiger partial charge < -0.3 is 14.2 Å². The average Bonchev–Trinajstić information content (AvgIpc) is 2.84. The largest absolute Gasteiger partial charge is 0.495 e. The van der Waals surface area contributed by atoms with E-state index in [1.54, 1.807) is 35.2 Å². The highest BCUT2D eigenvalue weighted by atomic mass is 32.2. The lowest BCUT2D eigenvalue weighted by Gasteiger charge is -2.45. The van der Waals surface area contributed by atoms with Crippen LogP contribution in [0.3, 0.4) is 0 Å². The predicted octanol–water partition coefficient (Wildman–Crippen LogP) is 5.56. The lowest BCUT2D eigenvalue weighted by Crippen LogP contribution is -2.55. The van der Waals surface area contributed by atoms with Gasteiger partial charge in [-0.25, -0.2) is 12.8 Å². The summed E-state index contributed by atoms with van der Waals surface area (Å²) in [4.78, 5) is 1.58. The molecular formula is C27H26F5NO5S. The molecule has 0 saturated carbocycles. The number of hydrogen-bond donors (Lipinski definition) is 0. The van der Waals surface area contributed by atoms with E-state index in [1.807, 2.05) is 0 Å². The van der Waals surface area contributed by atoms with E-state index in [9.17, 15) is 30.4 Å². The van der Waals surface area contributed by atoms with E-state index >= 15 is 0 Å². The number of sulfone groups is 1. The van der Waals surface area contributed by atoms with Crippen LogP contribution in [-0.4, -0.2) is 58.2 Å². The highest BCUT2D eigenvalue weighted by molar-refractivity contribution is 7.90. The summed E-state index contributed by atoms with van der Waals surface area (Å²) >= 11 is 0. The first-order valence-corrected chi connectivity index (χ1v) is 13.7. The highest BCUT2D eigenvalue weighted by Gasteiger charge is 2.42. The molecule has 4 rings (SSSR count). The third-order valence-electron chi connectivity index (χ3n) is 6.33. The normalized spacial score (nSPS) is 16.3. The van der Waals surface area contributed by atoms with Gasteiger partial charge in [0.1, 0.15) is 22.5 Å². The summed E-state index contributed by atoms with van der Waals surface area (Å²) in [7, 11) is -2.63. The molecule has 1 aliphatic rings. The molecule has 1 aliphatic heterocycles. The molecule has 0 aromatic heterocycles. The molecule has 0 aliphatic carbocycles. The van der Waals surface area contributed by atoms with Crippen molar-refractivity contribution in [3.63, 3.8) is 0 Å². The average molecular weight is 572 g/mol. The van der Waals surface area contributed by atoms with Crippen LogP contribution in [0.15, 0.2) is 65.6 Å². The summed E-state index contributed by atoms with van der Waals surface area (Å²) < 4.78 is 110. The number of benzene rings is 3. The van der Waals surface area contributed by atoms with E-state index in [1.165, 1.54) is 25.3 Å². The summed E-state index contributed by atoms with van der Waals surface area (Å²) in [5.74, 6) is -2.82. The molecule has 1 unspecified atom stereocenters. The Balaban J connectivity index is 1.79. The van der Waals surface area contributed by atoms with Crippen molar-refractivity contribution in [3.05, 3.63) is 83.4 Å². The molecule has 0 N–H and O–H groups in total. The Bertz CT molecular complexity index is 1430. The van der Waals surface area contributed by atoms with Crippen LogP contribution in [0.25, 0.3) is 0 Å². The number of alkyl halides is 3. The summed E-state index contributed by atoms with van der Waals surface area (Å²) in [6, 6.07) is 13.7. The van der Waals surface area contributed by atoms with E-state index < -0.39 is 45.9 Å². The van der Waals surface area contributed by atoms with Crippen LogP contribution in [-0.2, 0) is 9.84 Å². The third kappa shape index (κ3) is 6.11. The van der Waals surface area contributed by atoms with Crippen molar-refractivity contribution in [1.82, 2.24) is 4.90 Å². The molecule has 2 atom stereocenters. The van der Waals surface area contributed by atoms with Gasteiger partial charge in [-0.15, -0.1) is 0 Å². The van der Waals surface area contributed by atoms with Crippen LogP contribution >= 0.6 is 0 Å². The smallest absolute Gasteiger partial charge is 0.425 e. The van der Waals surface area contributed by atoms with Gasteiger partial charge in [0.25, 0.3) is 0 Å². The zero-order chi connectivity index (χ0) is 28.5. The maximum absolute atomic E-state index is 14.1. The Morgan fingerprint density at radius 1 is 0.949 bits per heavy atom. The zero-order valence-corrected chi connectivity index (χ0v) is 22.0. The first kappa shape index (κ1) is 28.6. The van der Waals surface area contributed by atoms with Gasteiger partial charge in [0.05, 0.1) is 18.7 Å². The number of halogens is 5. The summed E-state index contributed by atoms with van der Waals surface area (Å²) in [6.07, 6.45) is -6.50. The first-order valence-electron chi connectivity index (χ1n) is 11.8. The van der Waals surface area contributed by atoms with Crippen LogP contribution in [0.2, 0.25) is 0 Å². The van der Waals surface area contributed by atoms with Crippen molar-refractivity contribution >= 4 is 9.84 Å². The fourth-order valence-electron chi connectivity index (χ4n) is 4.39. The Hall–Kier alpha value is -3.38. The molecule has 0 amide bonds. The maximum atomic E-state index is 14.1. The second kappa shape index (κ2) is 11.0. The Kier molecular flexibility index (Phi) is 8.08. The van der Waals surface area contributed by atoms with Crippen molar-refractivity contribution in [3.8, 4) is 17.2 Å². The van der Waals surface area contributed by atoms with Crippen LogP contribution < -0.4 is 14.2 Å². The van der Waals surface area contributed by atoms with Crippen molar-refractivity contribution in [2.75, 3.05) is 26.5 Å². The molecule has 210 valence electrons. The quantitative estimate of drug-likeness (QED) is 0.314. The van der Waals surface area contributed by atoms with Crippen LogP contribution in [0.5, 0.6) is 17.2 Å². The predicted molar refractivity (Wildman–Crippen MR) is 133 cm³/mol. The molecule has 0 bridgehead atoms. The fourth-order valence-corrected chi connectivity index (χ4v) is 5.23. The van der Waals surface area contributed by atoms with Crippen molar-refractivity contribution in [2.24, 2.45) is 0 Å². The molecule has 0 spiro atoms. The van der Waals surface area contributed by atoms with Gasteiger partial charge in [-0.2, -0.15) is 17.6 Å². The molecule has 6 nitrogen and oxygen atoms in total. The summed E-state index contributed by atoms with van der Waals surface area (Å²) in [5.41, 5.74) is 0.694. The van der Waals surface area contributed by atoms with E-state index in [0.29, 0.717) is 5.56 Å². The Labute approximate surface area is 222 Å². The SMILES string of the molecule is COc1c(S(C)(=O)=O)ccc(O[C@@H](C)C(F)(F)F)c1C(c1ccccc1)N1CC(Oc2cccc(F)c2F)C1. The number of ether oxygens (including phenoxy) is 3. The van der Waals surface area contributed by atoms with Gasteiger partial charge in [-0.05, 0) is 36.8 Å². The molecule has 1 heterocycles. The highest BCUT2D eigenvalue weighted by Crippen LogP contribution is 2.46. The lowest BCUT2D eigenvalue weighted by atomic mass is 9.92. The first-order chi connectivity index (χ1) is 18.3. The van der Waals surface area contributed by atoms with Gasteiger partial charge in [0.2, 0.25) is 5.82 Å². The number of hydrogen-bond acceptors (Lipinski definition) is 6. The second-order valence-electron chi connectivity index (χ2n) is 9.14. The molecule has 12 heteroatoms. The minimum atomic E-state index is -4.69. The maximum Gasteiger partial charge on any atom is 0.425 e. The number of rotatable bonds is 9.